The molecule has 1 aliphatic rings. The highest BCUT2D eigenvalue weighted by molar-refractivity contribution is 5.77. The summed E-state index contributed by atoms with van der Waals surface area (Å²) < 4.78 is 0. The van der Waals surface area contributed by atoms with Crippen molar-refractivity contribution in [3.63, 3.8) is 0 Å². The van der Waals surface area contributed by atoms with Crippen LogP contribution in [-0.2, 0) is 0 Å². The van der Waals surface area contributed by atoms with Crippen molar-refractivity contribution in [1.82, 2.24) is 4.90 Å². The molecule has 0 aromatic rings. The molecule has 0 aromatic heterocycles. The minimum absolute atomic E-state index is 0.200. The molecule has 1 unspecified atom stereocenters. The van der Waals surface area contributed by atoms with Gasteiger partial charge in [0.05, 0.1) is 6.54 Å². The summed E-state index contributed by atoms with van der Waals surface area (Å²) in [6.45, 7) is 5.55. The van der Waals surface area contributed by atoms with Crippen molar-refractivity contribution in [1.29, 1.82) is 0 Å². The summed E-state index contributed by atoms with van der Waals surface area (Å²) in [6.07, 6.45) is 5.04. The van der Waals surface area contributed by atoms with Gasteiger partial charge in [-0.2, -0.15) is 5.11 Å². The molecule has 4 nitrogen and oxygen atoms in total. The number of urea groups is 1. The van der Waals surface area contributed by atoms with Crippen molar-refractivity contribution in [3.8, 4) is 12.3 Å². The second-order valence-corrected chi connectivity index (χ2v) is 2.49. The lowest BCUT2D eigenvalue weighted by atomic mass is 10.2. The Morgan fingerprint density at radius 3 is 2.91 bits per heavy atom. The molecule has 1 radical (unpaired) electrons. The highest BCUT2D eigenvalue weighted by Gasteiger charge is 2.35. The van der Waals surface area contributed by atoms with Crippen molar-refractivity contribution in [2.45, 2.75) is 12.6 Å². The molecule has 0 saturated heterocycles. The number of nitrogens with zero attached hydrogens (tertiary/aromatic N) is 3. The van der Waals surface area contributed by atoms with E-state index in [0.29, 0.717) is 0 Å². The van der Waals surface area contributed by atoms with Crippen molar-refractivity contribution in [2.75, 3.05) is 6.54 Å². The van der Waals surface area contributed by atoms with Gasteiger partial charge in [0.15, 0.2) is 5.66 Å². The molecule has 4 heteroatoms. The van der Waals surface area contributed by atoms with Crippen LogP contribution in [0.15, 0.2) is 10.2 Å². The highest BCUT2D eigenvalue weighted by Crippen LogP contribution is 2.22. The van der Waals surface area contributed by atoms with Crippen molar-refractivity contribution in [2.24, 2.45) is 10.2 Å². The van der Waals surface area contributed by atoms with Gasteiger partial charge in [-0.25, -0.2) is 4.79 Å². The third-order valence-electron chi connectivity index (χ3n) is 1.41. The Kier molecular flexibility index (Phi) is 1.65. The van der Waals surface area contributed by atoms with E-state index in [1.165, 1.54) is 4.90 Å². The smallest absolute Gasteiger partial charge is 0.284 e. The molecule has 0 bridgehead atoms. The molecular formula is C7H8N3O. The molecule has 2 amide bonds. The molecule has 0 saturated carbocycles. The Bertz CT molecular complexity index is 249. The lowest BCUT2D eigenvalue weighted by Crippen LogP contribution is -2.41. The van der Waals surface area contributed by atoms with E-state index in [4.69, 9.17) is 6.42 Å². The number of hydrogen-bond acceptors (Lipinski definition) is 2. The normalized spacial score (nSPS) is 20.5. The van der Waals surface area contributed by atoms with E-state index in [1.807, 2.05) is 0 Å². The molecule has 57 valence electrons. The Balaban J connectivity index is 2.80. The fourth-order valence-corrected chi connectivity index (χ4v) is 0.794. The van der Waals surface area contributed by atoms with Crippen LogP contribution in [-0.4, -0.2) is 23.1 Å². The zero-order valence-corrected chi connectivity index (χ0v) is 6.24. The van der Waals surface area contributed by atoms with E-state index >= 15 is 0 Å². The quantitative estimate of drug-likeness (QED) is 0.515. The van der Waals surface area contributed by atoms with Gasteiger partial charge in [-0.05, 0) is 13.8 Å². The Morgan fingerprint density at radius 2 is 2.55 bits per heavy atom. The minimum atomic E-state index is -0.816. The molecule has 0 N–H and O–H groups in total. The van der Waals surface area contributed by atoms with Gasteiger partial charge in [0.25, 0.3) is 0 Å². The first kappa shape index (κ1) is 7.73. The van der Waals surface area contributed by atoms with Crippen LogP contribution in [0.2, 0.25) is 0 Å². The summed E-state index contributed by atoms with van der Waals surface area (Å²) in [6, 6.07) is -0.416. The maximum atomic E-state index is 10.9. The van der Waals surface area contributed by atoms with Crippen LogP contribution in [0.3, 0.4) is 0 Å². The van der Waals surface area contributed by atoms with E-state index in [2.05, 4.69) is 23.1 Å². The Hall–Kier alpha value is -1.37. The van der Waals surface area contributed by atoms with Gasteiger partial charge in [0.1, 0.15) is 0 Å². The fraction of sp³-hybridized carbons (Fsp3) is 0.429. The molecule has 0 spiro atoms. The Labute approximate surface area is 65.3 Å². The second-order valence-electron chi connectivity index (χ2n) is 2.49. The van der Waals surface area contributed by atoms with Gasteiger partial charge < -0.3 is 0 Å². The van der Waals surface area contributed by atoms with Gasteiger partial charge in [-0.15, -0.1) is 6.42 Å². The third-order valence-corrected chi connectivity index (χ3v) is 1.41. The topological polar surface area (TPSA) is 45.0 Å². The molecule has 1 aliphatic heterocycles. The first-order valence-corrected chi connectivity index (χ1v) is 3.11. The van der Waals surface area contributed by atoms with Crippen molar-refractivity contribution >= 4 is 6.03 Å². The molecule has 0 aliphatic carbocycles. The van der Waals surface area contributed by atoms with Gasteiger partial charge >= 0.3 is 6.03 Å². The first-order chi connectivity index (χ1) is 5.08. The summed E-state index contributed by atoms with van der Waals surface area (Å²) in [4.78, 5) is 12.2. The number of hydrogen-bond donors (Lipinski definition) is 0. The molecule has 1 rings (SSSR count). The number of carbonyl (C=O) groups excluding carboxylic acids is 1. The maximum absolute atomic E-state index is 10.9. The predicted octanol–water partition coefficient (Wildman–Crippen LogP) is 1.06. The maximum Gasteiger partial charge on any atom is 0.364 e. The molecule has 0 fully saturated rings. The molecular weight excluding hydrogens is 142 g/mol. The van der Waals surface area contributed by atoms with E-state index < -0.39 is 11.7 Å². The van der Waals surface area contributed by atoms with Crippen LogP contribution in [0.5, 0.6) is 0 Å². The van der Waals surface area contributed by atoms with E-state index in [-0.39, 0.29) is 6.54 Å². The monoisotopic (exact) mass is 150 g/mol. The van der Waals surface area contributed by atoms with E-state index in [0.717, 1.165) is 0 Å². The summed E-state index contributed by atoms with van der Waals surface area (Å²) in [5, 5.41) is 6.99. The molecule has 1 heterocycles. The van der Waals surface area contributed by atoms with Crippen LogP contribution in [0.1, 0.15) is 6.92 Å². The largest absolute Gasteiger partial charge is 0.364 e. The van der Waals surface area contributed by atoms with Gasteiger partial charge in [-0.1, -0.05) is 11.0 Å². The molecule has 1 atom stereocenters. The van der Waals surface area contributed by atoms with Gasteiger partial charge in [0.2, 0.25) is 0 Å². The number of carbonyl (C=O) groups is 1. The summed E-state index contributed by atoms with van der Waals surface area (Å²) in [5.41, 5.74) is -0.816. The van der Waals surface area contributed by atoms with Gasteiger partial charge in [0, 0.05) is 0 Å². The number of rotatable bonds is 1. The average molecular weight is 150 g/mol. The third kappa shape index (κ3) is 1.22. The number of azo groups is 1. The van der Waals surface area contributed by atoms with Crippen LogP contribution >= 0.6 is 0 Å². The van der Waals surface area contributed by atoms with Crippen LogP contribution in [0.4, 0.5) is 4.79 Å². The van der Waals surface area contributed by atoms with E-state index in [9.17, 15) is 4.79 Å². The first-order valence-electron chi connectivity index (χ1n) is 3.11. The fourth-order valence-electron chi connectivity index (χ4n) is 0.794. The van der Waals surface area contributed by atoms with Crippen LogP contribution < -0.4 is 0 Å². The Morgan fingerprint density at radius 1 is 1.91 bits per heavy atom. The standard InChI is InChI=1S/C7H8N3O/c1-4-5-10-6(11)8-9-7(10,2)3/h1H,2,5H2,3H3. The summed E-state index contributed by atoms with van der Waals surface area (Å²) in [5.74, 6) is 2.34. The van der Waals surface area contributed by atoms with Crippen LogP contribution in [0, 0.1) is 19.3 Å². The van der Waals surface area contributed by atoms with Crippen molar-refractivity contribution < 1.29 is 4.79 Å². The van der Waals surface area contributed by atoms with Crippen molar-refractivity contribution in [3.05, 3.63) is 6.92 Å². The lowest BCUT2D eigenvalue weighted by molar-refractivity contribution is 0.192. The number of amides is 2. The predicted molar refractivity (Wildman–Crippen MR) is 39.6 cm³/mol. The lowest BCUT2D eigenvalue weighted by Gasteiger charge is -2.24. The minimum Gasteiger partial charge on any atom is -0.284 e. The second kappa shape index (κ2) is 2.35. The molecule has 0 aromatic carbocycles. The van der Waals surface area contributed by atoms with Gasteiger partial charge in [-0.3, -0.25) is 4.90 Å². The summed E-state index contributed by atoms with van der Waals surface area (Å²) in [7, 11) is 0. The van der Waals surface area contributed by atoms with Crippen LogP contribution in [0.25, 0.3) is 0 Å². The van der Waals surface area contributed by atoms with E-state index in [1.54, 1.807) is 6.92 Å². The summed E-state index contributed by atoms with van der Waals surface area (Å²) >= 11 is 0. The zero-order chi connectivity index (χ0) is 8.48. The highest BCUT2D eigenvalue weighted by atomic mass is 16.2. The molecule has 11 heavy (non-hydrogen) atoms. The average Bonchev–Trinajstić information content (AvgIpc) is 2.16. The number of terminal acetylenes is 1. The SMILES string of the molecule is C#CCN1C(=O)N=NC1([CH2])C. The zero-order valence-electron chi connectivity index (χ0n) is 6.24.